The number of likely N-dealkylation sites (N-methyl/N-ethyl adjacent to an activating group) is 1. The summed E-state index contributed by atoms with van der Waals surface area (Å²) in [5, 5.41) is 3.29. The molecule has 0 radical (unpaired) electrons. The standard InChI is InChI=1S/C22H32N4O3/c1-22(21(28)23-16-8-6-4-5-7-9-16)15-25-17-10-13-29-19(17)14-18(25)20(27)26(22)12-11-24(2)3/h10,13-14,16H,4-9,11-12,15H2,1-3H3,(H,23,28)/t22-/m0/s1. The molecule has 1 N–H and O–H groups in total. The fourth-order valence-corrected chi connectivity index (χ4v) is 4.69. The second-order valence-corrected chi connectivity index (χ2v) is 8.98. The minimum Gasteiger partial charge on any atom is -0.463 e. The van der Waals surface area contributed by atoms with Gasteiger partial charge in [0.05, 0.1) is 18.3 Å². The second-order valence-electron chi connectivity index (χ2n) is 8.98. The van der Waals surface area contributed by atoms with E-state index in [-0.39, 0.29) is 17.9 Å². The minimum absolute atomic E-state index is 0.0486. The summed E-state index contributed by atoms with van der Waals surface area (Å²) in [4.78, 5) is 30.8. The third kappa shape index (κ3) is 3.68. The molecule has 1 saturated carbocycles. The lowest BCUT2D eigenvalue weighted by atomic mass is 9.93. The van der Waals surface area contributed by atoms with Gasteiger partial charge in [0.25, 0.3) is 5.91 Å². The molecule has 0 bridgehead atoms. The Morgan fingerprint density at radius 2 is 2.00 bits per heavy atom. The molecule has 3 heterocycles. The highest BCUT2D eigenvalue weighted by Crippen LogP contribution is 2.33. The summed E-state index contributed by atoms with van der Waals surface area (Å²) >= 11 is 0. The highest BCUT2D eigenvalue weighted by atomic mass is 16.3. The van der Waals surface area contributed by atoms with E-state index in [4.69, 9.17) is 4.42 Å². The molecule has 1 aliphatic heterocycles. The number of amides is 2. The van der Waals surface area contributed by atoms with Crippen LogP contribution in [-0.4, -0.2) is 64.9 Å². The smallest absolute Gasteiger partial charge is 0.271 e. The van der Waals surface area contributed by atoms with Gasteiger partial charge in [-0.15, -0.1) is 0 Å². The Hall–Kier alpha value is -2.28. The van der Waals surface area contributed by atoms with Crippen molar-refractivity contribution >= 4 is 22.9 Å². The largest absolute Gasteiger partial charge is 0.463 e. The number of furan rings is 1. The number of carbonyl (C=O) groups excluding carboxylic acids is 2. The van der Waals surface area contributed by atoms with E-state index in [0.29, 0.717) is 30.9 Å². The summed E-state index contributed by atoms with van der Waals surface area (Å²) in [6, 6.07) is 3.86. The topological polar surface area (TPSA) is 70.7 Å². The second kappa shape index (κ2) is 7.86. The van der Waals surface area contributed by atoms with Crippen LogP contribution in [0.4, 0.5) is 0 Å². The number of carbonyl (C=O) groups is 2. The van der Waals surface area contributed by atoms with E-state index < -0.39 is 5.54 Å². The number of fused-ring (bicyclic) bond motifs is 3. The molecule has 0 aromatic carbocycles. The van der Waals surface area contributed by atoms with E-state index in [9.17, 15) is 9.59 Å². The van der Waals surface area contributed by atoms with Crippen molar-refractivity contribution in [1.29, 1.82) is 0 Å². The molecular weight excluding hydrogens is 368 g/mol. The van der Waals surface area contributed by atoms with Gasteiger partial charge in [-0.1, -0.05) is 25.7 Å². The average molecular weight is 401 g/mol. The first-order valence-electron chi connectivity index (χ1n) is 10.7. The predicted molar refractivity (Wildman–Crippen MR) is 112 cm³/mol. The lowest BCUT2D eigenvalue weighted by molar-refractivity contribution is -0.133. The lowest BCUT2D eigenvalue weighted by Crippen LogP contribution is -2.65. The van der Waals surface area contributed by atoms with E-state index in [1.165, 1.54) is 12.8 Å². The normalized spacial score (nSPS) is 23.4. The van der Waals surface area contributed by atoms with Crippen molar-refractivity contribution in [2.75, 3.05) is 27.2 Å². The summed E-state index contributed by atoms with van der Waals surface area (Å²) in [5.41, 5.74) is 1.22. The third-order valence-corrected chi connectivity index (χ3v) is 6.50. The van der Waals surface area contributed by atoms with Gasteiger partial charge in [-0.3, -0.25) is 9.59 Å². The summed E-state index contributed by atoms with van der Waals surface area (Å²) in [6.45, 7) is 3.55. The fraction of sp³-hybridized carbons (Fsp3) is 0.636. The lowest BCUT2D eigenvalue weighted by Gasteiger charge is -2.45. The summed E-state index contributed by atoms with van der Waals surface area (Å²) in [5.74, 6) is -0.157. The first-order valence-corrected chi connectivity index (χ1v) is 10.7. The monoisotopic (exact) mass is 400 g/mol. The molecular formula is C22H32N4O3. The van der Waals surface area contributed by atoms with Crippen LogP contribution >= 0.6 is 0 Å². The van der Waals surface area contributed by atoms with Crippen LogP contribution in [0.2, 0.25) is 0 Å². The maximum absolute atomic E-state index is 13.6. The number of rotatable bonds is 5. The first-order chi connectivity index (χ1) is 13.9. The van der Waals surface area contributed by atoms with Crippen molar-refractivity contribution in [3.05, 3.63) is 24.1 Å². The van der Waals surface area contributed by atoms with Gasteiger partial charge in [-0.25, -0.2) is 0 Å². The van der Waals surface area contributed by atoms with Crippen LogP contribution in [0.1, 0.15) is 55.9 Å². The molecule has 1 atom stereocenters. The minimum atomic E-state index is -0.935. The predicted octanol–water partition coefficient (Wildman–Crippen LogP) is 2.85. The molecule has 0 spiro atoms. The molecule has 0 saturated heterocycles. The molecule has 2 aromatic heterocycles. The number of hydrogen-bond acceptors (Lipinski definition) is 4. The average Bonchev–Trinajstić information content (AvgIpc) is 3.16. The van der Waals surface area contributed by atoms with Crippen molar-refractivity contribution in [3.63, 3.8) is 0 Å². The molecule has 2 aliphatic rings. The van der Waals surface area contributed by atoms with Crippen molar-refractivity contribution in [2.45, 2.75) is 63.6 Å². The number of hydrogen-bond donors (Lipinski definition) is 1. The van der Waals surface area contributed by atoms with Crippen LogP contribution in [0.3, 0.4) is 0 Å². The SMILES string of the molecule is CN(C)CCN1C(=O)c2cc3occc3n2C[C@@]1(C)C(=O)NC1CCCCCC1. The summed E-state index contributed by atoms with van der Waals surface area (Å²) in [7, 11) is 3.96. The van der Waals surface area contributed by atoms with E-state index in [2.05, 4.69) is 5.32 Å². The quantitative estimate of drug-likeness (QED) is 0.784. The molecule has 1 aliphatic carbocycles. The maximum Gasteiger partial charge on any atom is 0.271 e. The molecule has 2 aromatic rings. The maximum atomic E-state index is 13.6. The fourth-order valence-electron chi connectivity index (χ4n) is 4.69. The number of aromatic nitrogens is 1. The van der Waals surface area contributed by atoms with Crippen LogP contribution in [0.25, 0.3) is 11.1 Å². The van der Waals surface area contributed by atoms with Crippen LogP contribution in [0, 0.1) is 0 Å². The molecule has 4 rings (SSSR count). The van der Waals surface area contributed by atoms with Gasteiger partial charge in [0.1, 0.15) is 11.2 Å². The molecule has 0 unspecified atom stereocenters. The molecule has 1 fully saturated rings. The van der Waals surface area contributed by atoms with Crippen molar-refractivity contribution < 1.29 is 14.0 Å². The summed E-state index contributed by atoms with van der Waals surface area (Å²) < 4.78 is 7.46. The zero-order valence-corrected chi connectivity index (χ0v) is 17.7. The molecule has 29 heavy (non-hydrogen) atoms. The van der Waals surface area contributed by atoms with Crippen molar-refractivity contribution in [1.82, 2.24) is 19.7 Å². The zero-order valence-electron chi connectivity index (χ0n) is 17.7. The molecule has 7 heteroatoms. The van der Waals surface area contributed by atoms with Crippen LogP contribution in [-0.2, 0) is 11.3 Å². The molecule has 7 nitrogen and oxygen atoms in total. The zero-order chi connectivity index (χ0) is 20.6. The van der Waals surface area contributed by atoms with Gasteiger partial charge < -0.3 is 24.1 Å². The number of nitrogens with zero attached hydrogens (tertiary/aromatic N) is 3. The van der Waals surface area contributed by atoms with Crippen LogP contribution < -0.4 is 5.32 Å². The Labute approximate surface area is 172 Å². The molecule has 2 amide bonds. The Balaban J connectivity index is 1.66. The highest BCUT2D eigenvalue weighted by Gasteiger charge is 2.48. The summed E-state index contributed by atoms with van der Waals surface area (Å²) in [6.07, 6.45) is 8.46. The van der Waals surface area contributed by atoms with E-state index in [0.717, 1.165) is 31.2 Å². The van der Waals surface area contributed by atoms with Gasteiger partial charge in [0.15, 0.2) is 5.58 Å². The Bertz CT molecular complexity index is 891. The number of nitrogens with one attached hydrogen (secondary N) is 1. The van der Waals surface area contributed by atoms with Gasteiger partial charge >= 0.3 is 0 Å². The van der Waals surface area contributed by atoms with Crippen LogP contribution in [0.5, 0.6) is 0 Å². The third-order valence-electron chi connectivity index (χ3n) is 6.50. The van der Waals surface area contributed by atoms with Gasteiger partial charge in [-0.05, 0) is 33.9 Å². The van der Waals surface area contributed by atoms with E-state index >= 15 is 0 Å². The van der Waals surface area contributed by atoms with Crippen molar-refractivity contribution in [3.8, 4) is 0 Å². The van der Waals surface area contributed by atoms with Gasteiger partial charge in [0, 0.05) is 31.3 Å². The van der Waals surface area contributed by atoms with Crippen molar-refractivity contribution in [2.24, 2.45) is 0 Å². The van der Waals surface area contributed by atoms with Gasteiger partial charge in [0.2, 0.25) is 5.91 Å². The first kappa shape index (κ1) is 20.0. The van der Waals surface area contributed by atoms with E-state index in [1.54, 1.807) is 17.2 Å². The van der Waals surface area contributed by atoms with Crippen LogP contribution in [0.15, 0.2) is 22.8 Å². The molecule has 158 valence electrons. The van der Waals surface area contributed by atoms with Gasteiger partial charge in [-0.2, -0.15) is 0 Å². The Morgan fingerprint density at radius 1 is 1.28 bits per heavy atom. The Morgan fingerprint density at radius 3 is 2.69 bits per heavy atom. The Kier molecular flexibility index (Phi) is 5.42. The van der Waals surface area contributed by atoms with E-state index in [1.807, 2.05) is 36.6 Å². The highest BCUT2D eigenvalue weighted by molar-refractivity contribution is 6.02.